The highest BCUT2D eigenvalue weighted by molar-refractivity contribution is 5.78. The molecule has 1 amide bonds. The van der Waals surface area contributed by atoms with Crippen LogP contribution in [0.5, 0.6) is 0 Å². The Kier molecular flexibility index (Phi) is 6.67. The van der Waals surface area contributed by atoms with Crippen LogP contribution < -0.4 is 10.2 Å². The summed E-state index contributed by atoms with van der Waals surface area (Å²) >= 11 is 0. The molecule has 6 heteroatoms. The van der Waals surface area contributed by atoms with Gasteiger partial charge in [-0.15, -0.1) is 0 Å². The Bertz CT molecular complexity index is 555. The number of carbonyl (C=O) groups excluding carboxylic acids is 1. The Morgan fingerprint density at radius 1 is 1.28 bits per heavy atom. The summed E-state index contributed by atoms with van der Waals surface area (Å²) in [7, 11) is 1.87. The first-order valence-corrected chi connectivity index (χ1v) is 9.21. The van der Waals surface area contributed by atoms with Crippen molar-refractivity contribution in [2.45, 2.75) is 25.5 Å². The third-order valence-corrected chi connectivity index (χ3v) is 4.85. The second-order valence-corrected chi connectivity index (χ2v) is 6.74. The molecular formula is C19H29N3O3. The predicted molar refractivity (Wildman–Crippen MR) is 97.8 cm³/mol. The standard InChI is InChI=1S/C19H29N3O3/c1-21(19(23)14-20-13-17-6-4-10-25-17)15-16-5-2-3-7-18(16)22-8-11-24-12-9-22/h2-3,5,7,17,20H,4,6,8-15H2,1H3. The number of hydrogen-bond donors (Lipinski definition) is 1. The largest absolute Gasteiger partial charge is 0.378 e. The summed E-state index contributed by atoms with van der Waals surface area (Å²) in [5.41, 5.74) is 2.39. The topological polar surface area (TPSA) is 54.0 Å². The summed E-state index contributed by atoms with van der Waals surface area (Å²) in [6.07, 6.45) is 2.47. The molecule has 2 saturated heterocycles. The molecule has 1 aromatic rings. The third-order valence-electron chi connectivity index (χ3n) is 4.85. The van der Waals surface area contributed by atoms with Crippen LogP contribution in [0.2, 0.25) is 0 Å². The van der Waals surface area contributed by atoms with Gasteiger partial charge in [-0.25, -0.2) is 0 Å². The van der Waals surface area contributed by atoms with E-state index in [-0.39, 0.29) is 12.0 Å². The Balaban J connectivity index is 1.51. The average molecular weight is 347 g/mol. The smallest absolute Gasteiger partial charge is 0.236 e. The molecular weight excluding hydrogens is 318 g/mol. The summed E-state index contributed by atoms with van der Waals surface area (Å²) in [6, 6.07) is 8.33. The lowest BCUT2D eigenvalue weighted by atomic mass is 10.1. The van der Waals surface area contributed by atoms with Gasteiger partial charge in [-0.2, -0.15) is 0 Å². The minimum Gasteiger partial charge on any atom is -0.378 e. The minimum absolute atomic E-state index is 0.106. The van der Waals surface area contributed by atoms with Gasteiger partial charge in [0.1, 0.15) is 0 Å². The van der Waals surface area contributed by atoms with Crippen LogP contribution >= 0.6 is 0 Å². The maximum Gasteiger partial charge on any atom is 0.236 e. The molecule has 0 aromatic heterocycles. The third kappa shape index (κ3) is 5.17. The lowest BCUT2D eigenvalue weighted by Gasteiger charge is -2.31. The van der Waals surface area contributed by atoms with E-state index in [1.807, 2.05) is 13.1 Å². The van der Waals surface area contributed by atoms with E-state index in [4.69, 9.17) is 9.47 Å². The van der Waals surface area contributed by atoms with E-state index in [2.05, 4.69) is 28.4 Å². The fraction of sp³-hybridized carbons (Fsp3) is 0.632. The zero-order valence-corrected chi connectivity index (χ0v) is 15.1. The number of morpholine rings is 1. The minimum atomic E-state index is 0.106. The molecule has 1 atom stereocenters. The van der Waals surface area contributed by atoms with Crippen molar-refractivity contribution in [3.8, 4) is 0 Å². The number of likely N-dealkylation sites (N-methyl/N-ethyl adjacent to an activating group) is 1. The van der Waals surface area contributed by atoms with Crippen molar-refractivity contribution < 1.29 is 14.3 Å². The lowest BCUT2D eigenvalue weighted by molar-refractivity contribution is -0.129. The van der Waals surface area contributed by atoms with E-state index in [1.165, 1.54) is 11.3 Å². The van der Waals surface area contributed by atoms with Crippen molar-refractivity contribution in [3.05, 3.63) is 29.8 Å². The number of para-hydroxylation sites is 1. The van der Waals surface area contributed by atoms with Crippen LogP contribution in [0.4, 0.5) is 5.69 Å². The first kappa shape index (κ1) is 18.2. The number of ether oxygens (including phenoxy) is 2. The zero-order chi connectivity index (χ0) is 17.5. The van der Waals surface area contributed by atoms with Crippen LogP contribution in [0.25, 0.3) is 0 Å². The summed E-state index contributed by atoms with van der Waals surface area (Å²) in [4.78, 5) is 16.5. The quantitative estimate of drug-likeness (QED) is 0.805. The van der Waals surface area contributed by atoms with Gasteiger partial charge in [-0.05, 0) is 24.5 Å². The van der Waals surface area contributed by atoms with Crippen molar-refractivity contribution in [2.24, 2.45) is 0 Å². The summed E-state index contributed by atoms with van der Waals surface area (Å²) in [6.45, 7) is 5.90. The first-order valence-electron chi connectivity index (χ1n) is 9.21. The van der Waals surface area contributed by atoms with Gasteiger partial charge < -0.3 is 24.6 Å². The van der Waals surface area contributed by atoms with Crippen molar-refractivity contribution >= 4 is 11.6 Å². The number of anilines is 1. The number of benzene rings is 1. The van der Waals surface area contributed by atoms with Crippen LogP contribution in [0.15, 0.2) is 24.3 Å². The van der Waals surface area contributed by atoms with Gasteiger partial charge in [0.05, 0.1) is 25.9 Å². The van der Waals surface area contributed by atoms with E-state index in [9.17, 15) is 4.79 Å². The molecule has 2 aliphatic heterocycles. The van der Waals surface area contributed by atoms with Gasteiger partial charge in [0, 0.05) is 45.5 Å². The lowest BCUT2D eigenvalue weighted by Crippen LogP contribution is -2.39. The van der Waals surface area contributed by atoms with Gasteiger partial charge in [0.15, 0.2) is 0 Å². The maximum absolute atomic E-state index is 12.4. The van der Waals surface area contributed by atoms with Crippen molar-refractivity contribution in [2.75, 3.05) is 57.9 Å². The molecule has 0 saturated carbocycles. The molecule has 2 aliphatic rings. The number of rotatable bonds is 7. The monoisotopic (exact) mass is 347 g/mol. The fourth-order valence-corrected chi connectivity index (χ4v) is 3.38. The fourth-order valence-electron chi connectivity index (χ4n) is 3.38. The van der Waals surface area contributed by atoms with Gasteiger partial charge >= 0.3 is 0 Å². The van der Waals surface area contributed by atoms with Crippen LogP contribution in [0, 0.1) is 0 Å². The van der Waals surface area contributed by atoms with Crippen molar-refractivity contribution in [3.63, 3.8) is 0 Å². The molecule has 0 aliphatic carbocycles. The Hall–Kier alpha value is -1.63. The number of amides is 1. The van der Waals surface area contributed by atoms with Gasteiger partial charge in [0.25, 0.3) is 0 Å². The van der Waals surface area contributed by atoms with E-state index in [0.717, 1.165) is 52.3 Å². The predicted octanol–water partition coefficient (Wildman–Crippen LogP) is 1.25. The molecule has 1 aromatic carbocycles. The molecule has 25 heavy (non-hydrogen) atoms. The molecule has 6 nitrogen and oxygen atoms in total. The Labute approximate surface area is 150 Å². The molecule has 0 radical (unpaired) electrons. The molecule has 2 heterocycles. The average Bonchev–Trinajstić information content (AvgIpc) is 3.16. The van der Waals surface area contributed by atoms with Crippen molar-refractivity contribution in [1.82, 2.24) is 10.2 Å². The number of carbonyl (C=O) groups is 1. The second kappa shape index (κ2) is 9.17. The van der Waals surface area contributed by atoms with E-state index in [0.29, 0.717) is 13.1 Å². The molecule has 1 N–H and O–H groups in total. The highest BCUT2D eigenvalue weighted by atomic mass is 16.5. The Morgan fingerprint density at radius 3 is 2.84 bits per heavy atom. The Morgan fingerprint density at radius 2 is 2.08 bits per heavy atom. The molecule has 2 fully saturated rings. The highest BCUT2D eigenvalue weighted by Crippen LogP contribution is 2.22. The summed E-state index contributed by atoms with van der Waals surface area (Å²) < 4.78 is 11.0. The summed E-state index contributed by atoms with van der Waals surface area (Å²) in [5.74, 6) is 0.106. The molecule has 1 unspecified atom stereocenters. The van der Waals surface area contributed by atoms with E-state index >= 15 is 0 Å². The van der Waals surface area contributed by atoms with Crippen LogP contribution in [-0.2, 0) is 20.8 Å². The highest BCUT2D eigenvalue weighted by Gasteiger charge is 2.18. The molecule has 0 spiro atoms. The molecule has 3 rings (SSSR count). The van der Waals surface area contributed by atoms with E-state index < -0.39 is 0 Å². The van der Waals surface area contributed by atoms with Gasteiger partial charge in [-0.1, -0.05) is 18.2 Å². The zero-order valence-electron chi connectivity index (χ0n) is 15.1. The van der Waals surface area contributed by atoms with Gasteiger partial charge in [-0.3, -0.25) is 4.79 Å². The van der Waals surface area contributed by atoms with E-state index in [1.54, 1.807) is 4.90 Å². The van der Waals surface area contributed by atoms with Crippen LogP contribution in [0.1, 0.15) is 18.4 Å². The second-order valence-electron chi connectivity index (χ2n) is 6.74. The first-order chi connectivity index (χ1) is 12.2. The number of hydrogen-bond acceptors (Lipinski definition) is 5. The molecule has 0 bridgehead atoms. The number of nitrogens with one attached hydrogen (secondary N) is 1. The SMILES string of the molecule is CN(Cc1ccccc1N1CCOCC1)C(=O)CNCC1CCCO1. The molecule has 138 valence electrons. The summed E-state index contributed by atoms with van der Waals surface area (Å²) in [5, 5.41) is 3.23. The van der Waals surface area contributed by atoms with Crippen LogP contribution in [-0.4, -0.2) is 70.0 Å². The number of nitrogens with zero attached hydrogens (tertiary/aromatic N) is 2. The van der Waals surface area contributed by atoms with Crippen LogP contribution in [0.3, 0.4) is 0 Å². The van der Waals surface area contributed by atoms with Gasteiger partial charge in [0.2, 0.25) is 5.91 Å². The normalized spacial score (nSPS) is 20.7. The maximum atomic E-state index is 12.4. The van der Waals surface area contributed by atoms with Crippen molar-refractivity contribution in [1.29, 1.82) is 0 Å².